The van der Waals surface area contributed by atoms with Gasteiger partial charge in [0.2, 0.25) is 0 Å². The smallest absolute Gasteiger partial charge is 0.123 e. The SMILES string of the molecule is CCC(NCC1Cc2ccccc2O1)c1ccc(Cl)cc1. The van der Waals surface area contributed by atoms with Crippen LogP contribution >= 0.6 is 11.6 Å². The Hall–Kier alpha value is -1.51. The number of fused-ring (bicyclic) bond motifs is 1. The number of ether oxygens (including phenoxy) is 1. The number of hydrogen-bond donors (Lipinski definition) is 1. The Kier molecular flexibility index (Phi) is 4.47. The van der Waals surface area contributed by atoms with E-state index >= 15 is 0 Å². The first-order valence-electron chi connectivity index (χ1n) is 7.49. The van der Waals surface area contributed by atoms with Crippen molar-refractivity contribution in [1.82, 2.24) is 5.32 Å². The molecule has 2 aromatic carbocycles. The lowest BCUT2D eigenvalue weighted by atomic mass is 10.0. The lowest BCUT2D eigenvalue weighted by molar-refractivity contribution is 0.220. The number of para-hydroxylation sites is 1. The van der Waals surface area contributed by atoms with Gasteiger partial charge >= 0.3 is 0 Å². The maximum Gasteiger partial charge on any atom is 0.123 e. The van der Waals surface area contributed by atoms with Crippen LogP contribution in [0.4, 0.5) is 0 Å². The minimum absolute atomic E-state index is 0.226. The third-order valence-electron chi connectivity index (χ3n) is 3.99. The number of halogens is 1. The monoisotopic (exact) mass is 301 g/mol. The van der Waals surface area contributed by atoms with Gasteiger partial charge in [-0.1, -0.05) is 48.9 Å². The molecule has 0 bridgehead atoms. The zero-order valence-corrected chi connectivity index (χ0v) is 12.9. The molecule has 2 nitrogen and oxygen atoms in total. The molecule has 1 aliphatic rings. The fourth-order valence-electron chi connectivity index (χ4n) is 2.83. The van der Waals surface area contributed by atoms with Crippen molar-refractivity contribution in [2.24, 2.45) is 0 Å². The summed E-state index contributed by atoms with van der Waals surface area (Å²) >= 11 is 5.95. The summed E-state index contributed by atoms with van der Waals surface area (Å²) in [6, 6.07) is 16.7. The van der Waals surface area contributed by atoms with Crippen molar-refractivity contribution >= 4 is 11.6 Å². The highest BCUT2D eigenvalue weighted by Gasteiger charge is 2.22. The topological polar surface area (TPSA) is 21.3 Å². The van der Waals surface area contributed by atoms with Crippen molar-refractivity contribution in [3.63, 3.8) is 0 Å². The van der Waals surface area contributed by atoms with Crippen LogP contribution < -0.4 is 10.1 Å². The highest BCUT2D eigenvalue weighted by molar-refractivity contribution is 6.30. The first kappa shape index (κ1) is 14.4. The van der Waals surface area contributed by atoms with E-state index in [1.165, 1.54) is 11.1 Å². The summed E-state index contributed by atoms with van der Waals surface area (Å²) in [6.45, 7) is 3.05. The largest absolute Gasteiger partial charge is 0.488 e. The van der Waals surface area contributed by atoms with E-state index < -0.39 is 0 Å². The maximum atomic E-state index is 5.97. The molecule has 0 amide bonds. The molecule has 0 radical (unpaired) electrons. The quantitative estimate of drug-likeness (QED) is 0.884. The van der Waals surface area contributed by atoms with E-state index in [0.717, 1.165) is 30.2 Å². The van der Waals surface area contributed by atoms with Crippen molar-refractivity contribution in [3.05, 3.63) is 64.7 Å². The molecule has 3 rings (SSSR count). The molecule has 0 spiro atoms. The molecule has 1 N–H and O–H groups in total. The van der Waals surface area contributed by atoms with E-state index in [-0.39, 0.29) is 6.10 Å². The molecule has 2 aromatic rings. The van der Waals surface area contributed by atoms with Gasteiger partial charge in [-0.15, -0.1) is 0 Å². The number of hydrogen-bond acceptors (Lipinski definition) is 2. The summed E-state index contributed by atoms with van der Waals surface area (Å²) in [5, 5.41) is 4.39. The summed E-state index contributed by atoms with van der Waals surface area (Å²) in [5.41, 5.74) is 2.58. The van der Waals surface area contributed by atoms with Gasteiger partial charge in [-0.3, -0.25) is 0 Å². The van der Waals surface area contributed by atoms with E-state index in [9.17, 15) is 0 Å². The van der Waals surface area contributed by atoms with E-state index in [1.54, 1.807) is 0 Å². The van der Waals surface area contributed by atoms with Crippen LogP contribution in [-0.2, 0) is 6.42 Å². The molecule has 110 valence electrons. The van der Waals surface area contributed by atoms with Gasteiger partial charge in [0.1, 0.15) is 11.9 Å². The fourth-order valence-corrected chi connectivity index (χ4v) is 2.96. The summed E-state index contributed by atoms with van der Waals surface area (Å²) < 4.78 is 5.97. The molecule has 0 saturated heterocycles. The third-order valence-corrected chi connectivity index (χ3v) is 4.24. The van der Waals surface area contributed by atoms with Gasteiger partial charge in [0.05, 0.1) is 0 Å². The van der Waals surface area contributed by atoms with Crippen molar-refractivity contribution < 1.29 is 4.74 Å². The van der Waals surface area contributed by atoms with Crippen molar-refractivity contribution in [2.45, 2.75) is 31.9 Å². The first-order chi connectivity index (χ1) is 10.3. The van der Waals surface area contributed by atoms with Crippen LogP contribution in [0.5, 0.6) is 5.75 Å². The summed E-state index contributed by atoms with van der Waals surface area (Å²) in [5.74, 6) is 1.03. The number of benzene rings is 2. The highest BCUT2D eigenvalue weighted by atomic mass is 35.5. The van der Waals surface area contributed by atoms with Gasteiger partial charge < -0.3 is 10.1 Å². The Morgan fingerprint density at radius 1 is 1.19 bits per heavy atom. The first-order valence-corrected chi connectivity index (χ1v) is 7.87. The highest BCUT2D eigenvalue weighted by Crippen LogP contribution is 2.28. The Morgan fingerprint density at radius 2 is 1.95 bits per heavy atom. The molecular formula is C18H20ClNO. The number of rotatable bonds is 5. The van der Waals surface area contributed by atoms with E-state index in [0.29, 0.717) is 6.04 Å². The predicted molar refractivity (Wildman–Crippen MR) is 87.0 cm³/mol. The summed E-state index contributed by atoms with van der Waals surface area (Å²) in [7, 11) is 0. The van der Waals surface area contributed by atoms with Gasteiger partial charge in [-0.25, -0.2) is 0 Å². The Labute approximate surface area is 131 Å². The zero-order valence-electron chi connectivity index (χ0n) is 12.2. The lowest BCUT2D eigenvalue weighted by Crippen LogP contribution is -2.32. The van der Waals surface area contributed by atoms with Crippen LogP contribution in [0.2, 0.25) is 5.02 Å². The van der Waals surface area contributed by atoms with Gasteiger partial charge in [0, 0.05) is 24.0 Å². The second-order valence-corrected chi connectivity index (χ2v) is 5.91. The minimum atomic E-state index is 0.226. The Bertz CT molecular complexity index is 571. The lowest BCUT2D eigenvalue weighted by Gasteiger charge is -2.20. The molecule has 0 fully saturated rings. The Morgan fingerprint density at radius 3 is 2.67 bits per heavy atom. The average molecular weight is 302 g/mol. The van der Waals surface area contributed by atoms with Gasteiger partial charge in [0.15, 0.2) is 0 Å². The van der Waals surface area contributed by atoms with E-state index in [2.05, 4.69) is 36.5 Å². The zero-order chi connectivity index (χ0) is 14.7. The molecule has 1 aliphatic heterocycles. The van der Waals surface area contributed by atoms with Crippen molar-refractivity contribution in [1.29, 1.82) is 0 Å². The Balaban J connectivity index is 1.58. The van der Waals surface area contributed by atoms with E-state index in [1.807, 2.05) is 24.3 Å². The maximum absolute atomic E-state index is 5.97. The molecular weight excluding hydrogens is 282 g/mol. The van der Waals surface area contributed by atoms with Crippen molar-refractivity contribution in [2.75, 3.05) is 6.54 Å². The van der Waals surface area contributed by atoms with Crippen LogP contribution in [-0.4, -0.2) is 12.6 Å². The van der Waals surface area contributed by atoms with Gasteiger partial charge in [-0.05, 0) is 35.7 Å². The van der Waals surface area contributed by atoms with Crippen LogP contribution in [0.25, 0.3) is 0 Å². The third kappa shape index (κ3) is 3.39. The summed E-state index contributed by atoms with van der Waals surface area (Å²) in [4.78, 5) is 0. The molecule has 0 aromatic heterocycles. The van der Waals surface area contributed by atoms with E-state index in [4.69, 9.17) is 16.3 Å². The molecule has 21 heavy (non-hydrogen) atoms. The van der Waals surface area contributed by atoms with Gasteiger partial charge in [0.25, 0.3) is 0 Å². The average Bonchev–Trinajstić information content (AvgIpc) is 2.92. The second kappa shape index (κ2) is 6.50. The minimum Gasteiger partial charge on any atom is -0.488 e. The fraction of sp³-hybridized carbons (Fsp3) is 0.333. The predicted octanol–water partition coefficient (Wildman–Crippen LogP) is 4.38. The van der Waals surface area contributed by atoms with Crippen LogP contribution in [0.3, 0.4) is 0 Å². The van der Waals surface area contributed by atoms with Crippen LogP contribution in [0, 0.1) is 0 Å². The standard InChI is InChI=1S/C18H20ClNO/c1-2-17(13-7-9-15(19)10-8-13)20-12-16-11-14-5-3-4-6-18(14)21-16/h3-10,16-17,20H,2,11-12H2,1H3. The molecule has 0 aliphatic carbocycles. The van der Waals surface area contributed by atoms with Crippen LogP contribution in [0.15, 0.2) is 48.5 Å². The second-order valence-electron chi connectivity index (χ2n) is 5.47. The molecule has 2 atom stereocenters. The summed E-state index contributed by atoms with van der Waals surface area (Å²) in [6.07, 6.45) is 2.25. The molecule has 1 heterocycles. The van der Waals surface area contributed by atoms with Crippen molar-refractivity contribution in [3.8, 4) is 5.75 Å². The van der Waals surface area contributed by atoms with Crippen LogP contribution in [0.1, 0.15) is 30.5 Å². The molecule has 3 heteroatoms. The molecule has 0 saturated carbocycles. The normalized spacial score (nSPS) is 18.1. The van der Waals surface area contributed by atoms with Gasteiger partial charge in [-0.2, -0.15) is 0 Å². The number of nitrogens with one attached hydrogen (secondary N) is 1. The molecule has 2 unspecified atom stereocenters.